The largest absolute Gasteiger partial charge is 0.351 e. The molecule has 0 saturated carbocycles. The van der Waals surface area contributed by atoms with Gasteiger partial charge in [0.15, 0.2) is 0 Å². The fourth-order valence-corrected chi connectivity index (χ4v) is 5.34. The minimum absolute atomic E-state index is 0.0743. The molecule has 0 aromatic heterocycles. The first-order valence-electron chi connectivity index (χ1n) is 10.1. The van der Waals surface area contributed by atoms with Gasteiger partial charge in [-0.3, -0.25) is 4.79 Å². The van der Waals surface area contributed by atoms with Gasteiger partial charge in [-0.1, -0.05) is 48.0 Å². The summed E-state index contributed by atoms with van der Waals surface area (Å²) in [5, 5.41) is 3.13. The lowest BCUT2D eigenvalue weighted by atomic mass is 9.92. The van der Waals surface area contributed by atoms with Gasteiger partial charge in [-0.05, 0) is 57.7 Å². The third-order valence-electron chi connectivity index (χ3n) is 5.36. The van der Waals surface area contributed by atoms with Gasteiger partial charge in [0.05, 0.1) is 10.8 Å². The highest BCUT2D eigenvalue weighted by Gasteiger charge is 2.34. The zero-order chi connectivity index (χ0) is 21.1. The molecule has 1 heterocycles. The molecule has 0 bridgehead atoms. The molecule has 6 heteroatoms. The van der Waals surface area contributed by atoms with Crippen LogP contribution in [0.5, 0.6) is 0 Å². The second-order valence-corrected chi connectivity index (χ2v) is 10.5. The van der Waals surface area contributed by atoms with Crippen molar-refractivity contribution in [1.29, 1.82) is 0 Å². The second kappa shape index (κ2) is 8.67. The molecule has 1 aliphatic heterocycles. The topological polar surface area (TPSA) is 66.5 Å². The molecule has 1 amide bonds. The van der Waals surface area contributed by atoms with E-state index in [1.807, 2.05) is 51.1 Å². The van der Waals surface area contributed by atoms with Crippen molar-refractivity contribution >= 4 is 15.9 Å². The van der Waals surface area contributed by atoms with Crippen LogP contribution in [0.25, 0.3) is 0 Å². The summed E-state index contributed by atoms with van der Waals surface area (Å²) < 4.78 is 27.4. The van der Waals surface area contributed by atoms with Gasteiger partial charge in [-0.25, -0.2) is 8.42 Å². The number of nitrogens with zero attached hydrogens (tertiary/aromatic N) is 1. The standard InChI is InChI=1S/C23H30N2O3S/c1-18-11-13-21(14-12-18)29(27,28)25-15-7-10-20(17-25)22(26)24-23(2,3)16-19-8-5-4-6-9-19/h4-6,8-9,11-14,20H,7,10,15-17H2,1-3H3,(H,24,26). The van der Waals surface area contributed by atoms with Crippen LogP contribution >= 0.6 is 0 Å². The Bertz CT molecular complexity index is 938. The van der Waals surface area contributed by atoms with Crippen molar-refractivity contribution in [3.63, 3.8) is 0 Å². The highest BCUT2D eigenvalue weighted by atomic mass is 32.2. The van der Waals surface area contributed by atoms with E-state index < -0.39 is 15.6 Å². The highest BCUT2D eigenvalue weighted by molar-refractivity contribution is 7.89. The van der Waals surface area contributed by atoms with Crippen LogP contribution in [0.4, 0.5) is 0 Å². The lowest BCUT2D eigenvalue weighted by molar-refractivity contribution is -0.127. The Balaban J connectivity index is 1.66. The average Bonchev–Trinajstić information content (AvgIpc) is 2.68. The quantitative estimate of drug-likeness (QED) is 0.786. The van der Waals surface area contributed by atoms with E-state index in [4.69, 9.17) is 0 Å². The Morgan fingerprint density at radius 1 is 1.10 bits per heavy atom. The number of piperidine rings is 1. The van der Waals surface area contributed by atoms with E-state index in [1.165, 1.54) is 4.31 Å². The van der Waals surface area contributed by atoms with Crippen LogP contribution in [0.2, 0.25) is 0 Å². The minimum Gasteiger partial charge on any atom is -0.351 e. The SMILES string of the molecule is Cc1ccc(S(=O)(=O)N2CCCC(C(=O)NC(C)(C)Cc3ccccc3)C2)cc1. The molecule has 0 aliphatic carbocycles. The van der Waals surface area contributed by atoms with Gasteiger partial charge < -0.3 is 5.32 Å². The monoisotopic (exact) mass is 414 g/mol. The molecule has 1 N–H and O–H groups in total. The predicted molar refractivity (Wildman–Crippen MR) is 115 cm³/mol. The molecule has 1 atom stereocenters. The van der Waals surface area contributed by atoms with E-state index in [9.17, 15) is 13.2 Å². The fraction of sp³-hybridized carbons (Fsp3) is 0.435. The maximum atomic E-state index is 13.0. The summed E-state index contributed by atoms with van der Waals surface area (Å²) in [6, 6.07) is 16.9. The summed E-state index contributed by atoms with van der Waals surface area (Å²) in [5.74, 6) is -0.409. The van der Waals surface area contributed by atoms with Crippen LogP contribution in [0.3, 0.4) is 0 Å². The molecule has 1 unspecified atom stereocenters. The summed E-state index contributed by atoms with van der Waals surface area (Å²) in [6.45, 7) is 6.61. The molecule has 2 aromatic carbocycles. The van der Waals surface area contributed by atoms with Gasteiger partial charge in [0, 0.05) is 18.6 Å². The van der Waals surface area contributed by atoms with Crippen LogP contribution in [0.1, 0.15) is 37.8 Å². The van der Waals surface area contributed by atoms with E-state index in [0.29, 0.717) is 19.4 Å². The maximum absolute atomic E-state index is 13.0. The molecule has 29 heavy (non-hydrogen) atoms. The Morgan fingerprint density at radius 3 is 2.41 bits per heavy atom. The molecule has 1 aliphatic rings. The number of carbonyl (C=O) groups is 1. The predicted octanol–water partition coefficient (Wildman–Crippen LogP) is 3.53. The third-order valence-corrected chi connectivity index (χ3v) is 7.24. The maximum Gasteiger partial charge on any atom is 0.243 e. The van der Waals surface area contributed by atoms with Crippen LogP contribution in [-0.4, -0.2) is 37.3 Å². The average molecular weight is 415 g/mol. The number of amides is 1. The van der Waals surface area contributed by atoms with Crippen molar-refractivity contribution in [3.8, 4) is 0 Å². The van der Waals surface area contributed by atoms with Crippen LogP contribution < -0.4 is 5.32 Å². The summed E-state index contributed by atoms with van der Waals surface area (Å²) in [7, 11) is -3.58. The Morgan fingerprint density at radius 2 is 1.76 bits per heavy atom. The molecule has 156 valence electrons. The molecule has 3 rings (SSSR count). The van der Waals surface area contributed by atoms with Gasteiger partial charge in [-0.2, -0.15) is 4.31 Å². The summed E-state index contributed by atoms with van der Waals surface area (Å²) >= 11 is 0. The van der Waals surface area contributed by atoms with Crippen molar-refractivity contribution in [1.82, 2.24) is 9.62 Å². The van der Waals surface area contributed by atoms with Crippen molar-refractivity contribution in [2.45, 2.75) is 50.5 Å². The van der Waals surface area contributed by atoms with E-state index in [1.54, 1.807) is 24.3 Å². The van der Waals surface area contributed by atoms with Crippen molar-refractivity contribution in [3.05, 3.63) is 65.7 Å². The summed E-state index contributed by atoms with van der Waals surface area (Å²) in [4.78, 5) is 13.2. The normalized spacial score (nSPS) is 18.4. The zero-order valence-electron chi connectivity index (χ0n) is 17.4. The lowest BCUT2D eigenvalue weighted by Crippen LogP contribution is -2.51. The number of sulfonamides is 1. The molecule has 0 spiro atoms. The van der Waals surface area contributed by atoms with Crippen molar-refractivity contribution in [2.75, 3.05) is 13.1 Å². The van der Waals surface area contributed by atoms with Gasteiger partial charge in [0.1, 0.15) is 0 Å². The van der Waals surface area contributed by atoms with Crippen LogP contribution in [0.15, 0.2) is 59.5 Å². The first kappa shape index (κ1) is 21.5. The molecular formula is C23H30N2O3S. The number of carbonyl (C=O) groups excluding carboxylic acids is 1. The van der Waals surface area contributed by atoms with E-state index >= 15 is 0 Å². The number of nitrogens with one attached hydrogen (secondary N) is 1. The van der Waals surface area contributed by atoms with Gasteiger partial charge in [-0.15, -0.1) is 0 Å². The zero-order valence-corrected chi connectivity index (χ0v) is 18.2. The fourth-order valence-electron chi connectivity index (χ4n) is 3.82. The Labute approximate surface area is 174 Å². The van der Waals surface area contributed by atoms with Gasteiger partial charge in [0.25, 0.3) is 0 Å². The van der Waals surface area contributed by atoms with Crippen molar-refractivity contribution in [2.24, 2.45) is 5.92 Å². The lowest BCUT2D eigenvalue weighted by Gasteiger charge is -2.34. The van der Waals surface area contributed by atoms with E-state index in [0.717, 1.165) is 17.5 Å². The smallest absolute Gasteiger partial charge is 0.243 e. The van der Waals surface area contributed by atoms with E-state index in [2.05, 4.69) is 5.32 Å². The molecule has 1 saturated heterocycles. The van der Waals surface area contributed by atoms with Crippen LogP contribution in [0, 0.1) is 12.8 Å². The minimum atomic E-state index is -3.58. The Hall–Kier alpha value is -2.18. The number of aryl methyl sites for hydroxylation is 1. The second-order valence-electron chi connectivity index (χ2n) is 8.55. The molecule has 1 fully saturated rings. The molecule has 5 nitrogen and oxygen atoms in total. The number of hydrogen-bond acceptors (Lipinski definition) is 3. The highest BCUT2D eigenvalue weighted by Crippen LogP contribution is 2.25. The number of benzene rings is 2. The Kier molecular flexibility index (Phi) is 6.44. The van der Waals surface area contributed by atoms with Crippen molar-refractivity contribution < 1.29 is 13.2 Å². The number of hydrogen-bond donors (Lipinski definition) is 1. The molecular weight excluding hydrogens is 384 g/mol. The first-order chi connectivity index (χ1) is 13.7. The third kappa shape index (κ3) is 5.46. The van der Waals surface area contributed by atoms with Gasteiger partial charge >= 0.3 is 0 Å². The van der Waals surface area contributed by atoms with E-state index in [-0.39, 0.29) is 23.3 Å². The molecule has 2 aromatic rings. The summed E-state index contributed by atoms with van der Waals surface area (Å²) in [6.07, 6.45) is 2.10. The molecule has 0 radical (unpaired) electrons. The van der Waals surface area contributed by atoms with Crippen LogP contribution in [-0.2, 0) is 21.2 Å². The first-order valence-corrected chi connectivity index (χ1v) is 11.5. The number of rotatable bonds is 6. The summed E-state index contributed by atoms with van der Waals surface area (Å²) in [5.41, 5.74) is 1.77. The van der Waals surface area contributed by atoms with Gasteiger partial charge in [0.2, 0.25) is 15.9 Å².